The summed E-state index contributed by atoms with van der Waals surface area (Å²) >= 11 is 0. The van der Waals surface area contributed by atoms with Crippen LogP contribution in [0.3, 0.4) is 0 Å². The van der Waals surface area contributed by atoms with Crippen LogP contribution in [-0.2, 0) is 14.6 Å². The molecule has 2 aromatic carbocycles. The van der Waals surface area contributed by atoms with Gasteiger partial charge in [0.15, 0.2) is 9.84 Å². The maximum atomic E-state index is 12.1. The summed E-state index contributed by atoms with van der Waals surface area (Å²) in [5.41, 5.74) is 0.924. The number of hydrogen-bond donors (Lipinski definition) is 2. The standard InChI is InChI=1S/C17H20N2O5S/c1-23-13-9-7-12(8-10-13)19-16(20)11-18-14-5-4-6-15(24-2)17(14)25(3,21)22/h4-10,18H,11H2,1-3H3,(H,19,20). The predicted molar refractivity (Wildman–Crippen MR) is 96.2 cm³/mol. The van der Waals surface area contributed by atoms with Gasteiger partial charge in [0.05, 0.1) is 26.5 Å². The molecule has 2 aromatic rings. The van der Waals surface area contributed by atoms with Crippen LogP contribution < -0.4 is 20.1 Å². The van der Waals surface area contributed by atoms with Crippen molar-refractivity contribution < 1.29 is 22.7 Å². The second kappa shape index (κ2) is 7.89. The molecule has 0 aliphatic rings. The Hall–Kier alpha value is -2.74. The van der Waals surface area contributed by atoms with Crippen molar-refractivity contribution >= 4 is 27.1 Å². The van der Waals surface area contributed by atoms with Crippen molar-refractivity contribution in [3.05, 3.63) is 42.5 Å². The Morgan fingerprint density at radius 3 is 2.28 bits per heavy atom. The van der Waals surface area contributed by atoms with Gasteiger partial charge in [0.2, 0.25) is 5.91 Å². The molecular weight excluding hydrogens is 344 g/mol. The Bertz CT molecular complexity index is 848. The quantitative estimate of drug-likeness (QED) is 0.782. The average molecular weight is 364 g/mol. The van der Waals surface area contributed by atoms with Crippen molar-refractivity contribution in [1.82, 2.24) is 0 Å². The highest BCUT2D eigenvalue weighted by atomic mass is 32.2. The van der Waals surface area contributed by atoms with Gasteiger partial charge in [-0.2, -0.15) is 0 Å². The lowest BCUT2D eigenvalue weighted by Crippen LogP contribution is -2.22. The molecule has 0 spiro atoms. The molecule has 7 nitrogen and oxygen atoms in total. The van der Waals surface area contributed by atoms with Gasteiger partial charge < -0.3 is 20.1 Å². The molecular formula is C17H20N2O5S. The molecule has 0 bridgehead atoms. The van der Waals surface area contributed by atoms with E-state index >= 15 is 0 Å². The smallest absolute Gasteiger partial charge is 0.243 e. The van der Waals surface area contributed by atoms with Crippen LogP contribution in [0.1, 0.15) is 0 Å². The molecule has 25 heavy (non-hydrogen) atoms. The Morgan fingerprint density at radius 1 is 1.04 bits per heavy atom. The van der Waals surface area contributed by atoms with E-state index in [1.54, 1.807) is 49.6 Å². The van der Waals surface area contributed by atoms with Gasteiger partial charge in [-0.05, 0) is 36.4 Å². The van der Waals surface area contributed by atoms with Gasteiger partial charge >= 0.3 is 0 Å². The van der Waals surface area contributed by atoms with E-state index in [1.807, 2.05) is 0 Å². The van der Waals surface area contributed by atoms with Crippen LogP contribution >= 0.6 is 0 Å². The molecule has 0 fully saturated rings. The minimum Gasteiger partial charge on any atom is -0.497 e. The summed E-state index contributed by atoms with van der Waals surface area (Å²) in [4.78, 5) is 12.1. The molecule has 8 heteroatoms. The number of benzene rings is 2. The molecule has 0 aromatic heterocycles. The van der Waals surface area contributed by atoms with Crippen LogP contribution in [0.25, 0.3) is 0 Å². The summed E-state index contributed by atoms with van der Waals surface area (Å²) in [6.07, 6.45) is 1.09. The number of rotatable bonds is 7. The molecule has 0 unspecified atom stereocenters. The minimum atomic E-state index is -3.52. The van der Waals surface area contributed by atoms with E-state index in [9.17, 15) is 13.2 Å². The number of methoxy groups -OCH3 is 2. The molecule has 0 saturated heterocycles. The molecule has 0 heterocycles. The normalized spacial score (nSPS) is 10.8. The first-order valence-electron chi connectivity index (χ1n) is 7.40. The van der Waals surface area contributed by atoms with E-state index in [0.717, 1.165) is 6.26 Å². The molecule has 0 saturated carbocycles. The summed E-state index contributed by atoms with van der Waals surface area (Å²) in [6.45, 7) is -0.0955. The molecule has 134 valence electrons. The van der Waals surface area contributed by atoms with Crippen molar-refractivity contribution in [3.8, 4) is 11.5 Å². The van der Waals surface area contributed by atoms with Gasteiger partial charge in [-0.25, -0.2) is 8.42 Å². The molecule has 0 aliphatic heterocycles. The highest BCUT2D eigenvalue weighted by Gasteiger charge is 2.19. The van der Waals surface area contributed by atoms with Gasteiger partial charge in [0, 0.05) is 11.9 Å². The second-order valence-corrected chi connectivity index (χ2v) is 7.19. The topological polar surface area (TPSA) is 93.7 Å². The lowest BCUT2D eigenvalue weighted by molar-refractivity contribution is -0.114. The monoisotopic (exact) mass is 364 g/mol. The molecule has 0 atom stereocenters. The summed E-state index contributed by atoms with van der Waals surface area (Å²) in [6, 6.07) is 11.7. The third-order valence-corrected chi connectivity index (χ3v) is 4.55. The summed E-state index contributed by atoms with van der Waals surface area (Å²) in [5, 5.41) is 5.55. The van der Waals surface area contributed by atoms with Crippen LogP contribution in [0.5, 0.6) is 11.5 Å². The van der Waals surface area contributed by atoms with E-state index in [2.05, 4.69) is 10.6 Å². The number of carbonyl (C=O) groups excluding carboxylic acids is 1. The van der Waals surface area contributed by atoms with Gasteiger partial charge in [-0.1, -0.05) is 6.07 Å². The number of hydrogen-bond acceptors (Lipinski definition) is 6. The molecule has 2 N–H and O–H groups in total. The van der Waals surface area contributed by atoms with Crippen LogP contribution in [0.15, 0.2) is 47.4 Å². The van der Waals surface area contributed by atoms with E-state index in [0.29, 0.717) is 17.1 Å². The zero-order chi connectivity index (χ0) is 18.4. The van der Waals surface area contributed by atoms with Gasteiger partial charge in [-0.3, -0.25) is 4.79 Å². The lowest BCUT2D eigenvalue weighted by atomic mass is 10.3. The van der Waals surface area contributed by atoms with E-state index in [1.165, 1.54) is 7.11 Å². The van der Waals surface area contributed by atoms with Crippen LogP contribution in [0, 0.1) is 0 Å². The molecule has 0 radical (unpaired) electrons. The number of nitrogens with one attached hydrogen (secondary N) is 2. The molecule has 2 rings (SSSR count). The second-order valence-electron chi connectivity index (χ2n) is 5.24. The molecule has 1 amide bonds. The van der Waals surface area contributed by atoms with Crippen LogP contribution in [0.2, 0.25) is 0 Å². The van der Waals surface area contributed by atoms with Gasteiger partial charge in [0.1, 0.15) is 16.4 Å². The zero-order valence-electron chi connectivity index (χ0n) is 14.2. The highest BCUT2D eigenvalue weighted by Crippen LogP contribution is 2.31. The lowest BCUT2D eigenvalue weighted by Gasteiger charge is -2.14. The first-order valence-corrected chi connectivity index (χ1v) is 9.29. The number of anilines is 2. The maximum absolute atomic E-state index is 12.1. The summed E-state index contributed by atoms with van der Waals surface area (Å²) < 4.78 is 34.2. The van der Waals surface area contributed by atoms with Gasteiger partial charge in [-0.15, -0.1) is 0 Å². The fraction of sp³-hybridized carbons (Fsp3) is 0.235. The predicted octanol–water partition coefficient (Wildman–Crippen LogP) is 2.16. The maximum Gasteiger partial charge on any atom is 0.243 e. The van der Waals surface area contributed by atoms with Gasteiger partial charge in [0.25, 0.3) is 0 Å². The van der Waals surface area contributed by atoms with Crippen molar-refractivity contribution in [2.24, 2.45) is 0 Å². The van der Waals surface area contributed by atoms with Crippen molar-refractivity contribution in [1.29, 1.82) is 0 Å². The number of sulfone groups is 1. The molecule has 0 aliphatic carbocycles. The SMILES string of the molecule is COc1ccc(NC(=O)CNc2cccc(OC)c2S(C)(=O)=O)cc1. The Balaban J connectivity index is 2.09. The third-order valence-electron chi connectivity index (χ3n) is 3.38. The number of amides is 1. The summed E-state index contributed by atoms with van der Waals surface area (Å²) in [5.74, 6) is 0.598. The van der Waals surface area contributed by atoms with Crippen LogP contribution in [-0.4, -0.2) is 41.3 Å². The third kappa shape index (κ3) is 4.87. The summed E-state index contributed by atoms with van der Waals surface area (Å²) in [7, 11) is -0.570. The Labute approximate surface area is 146 Å². The van der Waals surface area contributed by atoms with Crippen molar-refractivity contribution in [2.45, 2.75) is 4.90 Å². The fourth-order valence-corrected chi connectivity index (χ4v) is 3.31. The first-order chi connectivity index (χ1) is 11.8. The number of ether oxygens (including phenoxy) is 2. The van der Waals surface area contributed by atoms with E-state index in [4.69, 9.17) is 9.47 Å². The average Bonchev–Trinajstić information content (AvgIpc) is 2.59. The fourth-order valence-electron chi connectivity index (χ4n) is 2.25. The minimum absolute atomic E-state index is 0.0229. The Kier molecular flexibility index (Phi) is 5.87. The highest BCUT2D eigenvalue weighted by molar-refractivity contribution is 7.91. The van der Waals surface area contributed by atoms with E-state index in [-0.39, 0.29) is 23.1 Å². The van der Waals surface area contributed by atoms with E-state index < -0.39 is 9.84 Å². The largest absolute Gasteiger partial charge is 0.497 e. The van der Waals surface area contributed by atoms with Crippen molar-refractivity contribution in [2.75, 3.05) is 37.7 Å². The zero-order valence-corrected chi connectivity index (χ0v) is 15.0. The van der Waals surface area contributed by atoms with Crippen molar-refractivity contribution in [3.63, 3.8) is 0 Å². The Morgan fingerprint density at radius 2 is 1.72 bits per heavy atom. The van der Waals surface area contributed by atoms with Crippen LogP contribution in [0.4, 0.5) is 11.4 Å². The number of carbonyl (C=O) groups is 1. The first kappa shape index (κ1) is 18.6.